The molecule has 0 amide bonds. The summed E-state index contributed by atoms with van der Waals surface area (Å²) >= 11 is 0. The first-order valence-corrected chi connectivity index (χ1v) is 7.19. The molecule has 0 aliphatic rings. The monoisotopic (exact) mass is 265 g/mol. The lowest BCUT2D eigenvalue weighted by Gasteiger charge is -2.00. The third-order valence-electron chi connectivity index (χ3n) is 2.66. The van der Waals surface area contributed by atoms with Crippen LogP contribution in [0.25, 0.3) is 5.69 Å². The van der Waals surface area contributed by atoms with E-state index in [9.17, 15) is 8.42 Å². The van der Waals surface area contributed by atoms with E-state index in [0.29, 0.717) is 11.3 Å². The van der Waals surface area contributed by atoms with E-state index in [1.807, 2.05) is 31.2 Å². The molecular weight excluding hydrogens is 250 g/mol. The molecule has 0 saturated carbocycles. The molecule has 18 heavy (non-hydrogen) atoms. The van der Waals surface area contributed by atoms with Gasteiger partial charge in [-0.25, -0.2) is 18.2 Å². The first-order valence-electron chi connectivity index (χ1n) is 5.48. The minimum atomic E-state index is -3.53. The van der Waals surface area contributed by atoms with Crippen LogP contribution in [0.1, 0.15) is 16.8 Å². The van der Waals surface area contributed by atoms with Crippen LogP contribution in [0.15, 0.2) is 30.5 Å². The minimum absolute atomic E-state index is 0.190. The molecule has 6 heteroatoms. The summed E-state index contributed by atoms with van der Waals surface area (Å²) in [6, 6.07) is 7.82. The second-order valence-corrected chi connectivity index (χ2v) is 5.94. The highest BCUT2D eigenvalue weighted by molar-refractivity contribution is 7.88. The Hall–Kier alpha value is -1.66. The van der Waals surface area contributed by atoms with Gasteiger partial charge in [0.05, 0.1) is 17.1 Å². The van der Waals surface area contributed by atoms with Crippen molar-refractivity contribution in [2.45, 2.75) is 19.6 Å². The highest BCUT2D eigenvalue weighted by Crippen LogP contribution is 2.14. The van der Waals surface area contributed by atoms with Gasteiger partial charge in [0.1, 0.15) is 0 Å². The van der Waals surface area contributed by atoms with Crippen molar-refractivity contribution in [1.29, 1.82) is 0 Å². The third kappa shape index (κ3) is 2.96. The number of rotatable bonds is 3. The topological polar surface area (TPSA) is 78.0 Å². The smallest absolute Gasteiger partial charge is 0.213 e. The summed E-state index contributed by atoms with van der Waals surface area (Å²) in [7, 11) is -3.53. The summed E-state index contributed by atoms with van der Waals surface area (Å²) in [6.07, 6.45) is 1.70. The second-order valence-electron chi connectivity index (χ2n) is 4.33. The van der Waals surface area contributed by atoms with Crippen LogP contribution in [0.2, 0.25) is 0 Å². The van der Waals surface area contributed by atoms with Crippen LogP contribution in [-0.4, -0.2) is 18.2 Å². The van der Waals surface area contributed by atoms with E-state index in [1.54, 1.807) is 17.8 Å². The van der Waals surface area contributed by atoms with E-state index in [-0.39, 0.29) is 5.75 Å². The van der Waals surface area contributed by atoms with Crippen LogP contribution < -0.4 is 5.14 Å². The van der Waals surface area contributed by atoms with Gasteiger partial charge in [0.2, 0.25) is 10.0 Å². The Morgan fingerprint density at radius 2 is 1.83 bits per heavy atom. The highest BCUT2D eigenvalue weighted by Gasteiger charge is 2.12. The number of aromatic nitrogens is 2. The number of primary sulfonamides is 1. The van der Waals surface area contributed by atoms with Crippen LogP contribution in [0, 0.1) is 13.8 Å². The lowest BCUT2D eigenvalue weighted by Crippen LogP contribution is -2.14. The molecule has 0 spiro atoms. The van der Waals surface area contributed by atoms with Crippen LogP contribution in [0.4, 0.5) is 0 Å². The molecule has 5 nitrogen and oxygen atoms in total. The molecule has 0 saturated heterocycles. The van der Waals surface area contributed by atoms with Crippen molar-refractivity contribution in [3.8, 4) is 5.69 Å². The predicted octanol–water partition coefficient (Wildman–Crippen LogP) is 1.28. The number of nitrogens with two attached hydrogens (primary N) is 1. The molecule has 0 atom stereocenters. The average Bonchev–Trinajstić information content (AvgIpc) is 2.59. The molecule has 0 aliphatic carbocycles. The van der Waals surface area contributed by atoms with Crippen molar-refractivity contribution in [1.82, 2.24) is 9.78 Å². The number of aryl methyl sites for hydroxylation is 2. The quantitative estimate of drug-likeness (QED) is 0.908. The second kappa shape index (κ2) is 4.55. The van der Waals surface area contributed by atoms with Crippen LogP contribution >= 0.6 is 0 Å². The lowest BCUT2D eigenvalue weighted by molar-refractivity contribution is 0.597. The van der Waals surface area contributed by atoms with Gasteiger partial charge >= 0.3 is 0 Å². The number of hydrogen-bond acceptors (Lipinski definition) is 3. The Morgan fingerprint density at radius 1 is 1.22 bits per heavy atom. The van der Waals surface area contributed by atoms with Crippen LogP contribution in [0.3, 0.4) is 0 Å². The van der Waals surface area contributed by atoms with E-state index in [4.69, 9.17) is 5.14 Å². The van der Waals surface area contributed by atoms with E-state index in [2.05, 4.69) is 5.10 Å². The van der Waals surface area contributed by atoms with Crippen molar-refractivity contribution in [3.05, 3.63) is 47.3 Å². The highest BCUT2D eigenvalue weighted by atomic mass is 32.2. The van der Waals surface area contributed by atoms with E-state index in [0.717, 1.165) is 11.3 Å². The Kier molecular flexibility index (Phi) is 3.23. The lowest BCUT2D eigenvalue weighted by atomic mass is 10.2. The number of sulfonamides is 1. The SMILES string of the molecule is Cc1ccc(-n2cc(CS(N)(=O)=O)c(C)n2)cc1. The molecule has 1 heterocycles. The average molecular weight is 265 g/mol. The largest absolute Gasteiger partial charge is 0.240 e. The van der Waals surface area contributed by atoms with Gasteiger partial charge in [0, 0.05) is 11.8 Å². The standard InChI is InChI=1S/C12H15N3O2S/c1-9-3-5-12(6-4-9)15-7-11(10(2)14-15)8-18(13,16)17/h3-7H,8H2,1-2H3,(H2,13,16,17). The van der Waals surface area contributed by atoms with Crippen molar-refractivity contribution in [3.63, 3.8) is 0 Å². The van der Waals surface area contributed by atoms with E-state index < -0.39 is 10.0 Å². The summed E-state index contributed by atoms with van der Waals surface area (Å²) in [5, 5.41) is 9.33. The maximum Gasteiger partial charge on any atom is 0.213 e. The van der Waals surface area contributed by atoms with Gasteiger partial charge in [-0.2, -0.15) is 5.10 Å². The number of nitrogens with zero attached hydrogens (tertiary/aromatic N) is 2. The molecule has 96 valence electrons. The molecule has 2 rings (SSSR count). The third-order valence-corrected chi connectivity index (χ3v) is 3.37. The maximum absolute atomic E-state index is 11.1. The normalized spacial score (nSPS) is 11.7. The van der Waals surface area contributed by atoms with Gasteiger partial charge in [0.25, 0.3) is 0 Å². The van der Waals surface area contributed by atoms with Gasteiger partial charge < -0.3 is 0 Å². The molecule has 2 N–H and O–H groups in total. The van der Waals surface area contributed by atoms with Crippen LogP contribution in [0.5, 0.6) is 0 Å². The van der Waals surface area contributed by atoms with E-state index in [1.165, 1.54) is 0 Å². The van der Waals surface area contributed by atoms with Gasteiger partial charge in [-0.15, -0.1) is 0 Å². The first-order chi connectivity index (χ1) is 8.35. The Labute approximate surface area is 106 Å². The molecule has 0 aliphatic heterocycles. The van der Waals surface area contributed by atoms with E-state index >= 15 is 0 Å². The van der Waals surface area contributed by atoms with Gasteiger partial charge in [-0.3, -0.25) is 0 Å². The molecule has 1 aromatic carbocycles. The van der Waals surface area contributed by atoms with Crippen molar-refractivity contribution < 1.29 is 8.42 Å². The summed E-state index contributed by atoms with van der Waals surface area (Å²) in [6.45, 7) is 3.77. The zero-order valence-corrected chi connectivity index (χ0v) is 11.1. The molecule has 1 aromatic heterocycles. The van der Waals surface area contributed by atoms with Crippen LogP contribution in [-0.2, 0) is 15.8 Å². The summed E-state index contributed by atoms with van der Waals surface area (Å²) in [5.74, 6) is -0.190. The van der Waals surface area contributed by atoms with Gasteiger partial charge in [-0.1, -0.05) is 17.7 Å². The van der Waals surface area contributed by atoms with Crippen molar-refractivity contribution in [2.75, 3.05) is 0 Å². The van der Waals surface area contributed by atoms with Gasteiger partial charge in [-0.05, 0) is 26.0 Å². The molecule has 0 unspecified atom stereocenters. The summed E-state index contributed by atoms with van der Waals surface area (Å²) < 4.78 is 23.8. The van der Waals surface area contributed by atoms with Crippen molar-refractivity contribution in [2.24, 2.45) is 5.14 Å². The molecular formula is C12H15N3O2S. The fourth-order valence-electron chi connectivity index (χ4n) is 1.68. The number of hydrogen-bond donors (Lipinski definition) is 1. The van der Waals surface area contributed by atoms with Crippen molar-refractivity contribution >= 4 is 10.0 Å². The molecule has 0 fully saturated rings. The van der Waals surface area contributed by atoms with Gasteiger partial charge in [0.15, 0.2) is 0 Å². The summed E-state index contributed by atoms with van der Waals surface area (Å²) in [5.41, 5.74) is 3.35. The molecule has 0 bridgehead atoms. The Bertz CT molecular complexity index is 657. The Balaban J connectivity index is 2.37. The maximum atomic E-state index is 11.1. The predicted molar refractivity (Wildman–Crippen MR) is 69.8 cm³/mol. The number of benzene rings is 1. The fraction of sp³-hybridized carbons (Fsp3) is 0.250. The minimum Gasteiger partial charge on any atom is -0.240 e. The molecule has 0 radical (unpaired) electrons. The zero-order chi connectivity index (χ0) is 13.3. The fourth-order valence-corrected chi connectivity index (χ4v) is 2.40. The Morgan fingerprint density at radius 3 is 2.39 bits per heavy atom. The summed E-state index contributed by atoms with van der Waals surface area (Å²) in [4.78, 5) is 0. The first kappa shape index (κ1) is 12.8. The zero-order valence-electron chi connectivity index (χ0n) is 10.3. The molecule has 2 aromatic rings.